The van der Waals surface area contributed by atoms with Crippen LogP contribution in [-0.4, -0.2) is 81.4 Å². The van der Waals surface area contributed by atoms with Crippen LogP contribution >= 0.6 is 0 Å². The van der Waals surface area contributed by atoms with Crippen molar-refractivity contribution in [3.63, 3.8) is 0 Å². The Morgan fingerprint density at radius 3 is 1.17 bits per heavy atom. The van der Waals surface area contributed by atoms with Gasteiger partial charge in [0.05, 0.1) is 23.3 Å². The van der Waals surface area contributed by atoms with Crippen molar-refractivity contribution in [3.05, 3.63) is 130 Å². The van der Waals surface area contributed by atoms with Crippen LogP contribution in [0.3, 0.4) is 0 Å². The molecule has 0 aliphatic rings. The SMILES string of the molecule is CC(C)N(CC[C@H](c1ccccc1)c1cc(C#N)ccc1OC(=O)C(O)C(O)C(=O)Oc1ccc(C#N)cc1[C@H](CCN(C(C)C)C(C)C)c1ccccc1)C(C)C. The normalized spacial score (nSPS) is 13.7. The van der Waals surface area contributed by atoms with E-state index in [4.69, 9.17) is 9.47 Å². The second-order valence-corrected chi connectivity index (χ2v) is 15.8. The molecule has 10 nitrogen and oxygen atoms in total. The van der Waals surface area contributed by atoms with Gasteiger partial charge < -0.3 is 19.7 Å². The van der Waals surface area contributed by atoms with E-state index in [-0.39, 0.29) is 47.5 Å². The molecule has 4 atom stereocenters. The highest BCUT2D eigenvalue weighted by atomic mass is 16.6. The van der Waals surface area contributed by atoms with Gasteiger partial charge in [0.25, 0.3) is 0 Å². The van der Waals surface area contributed by atoms with Crippen molar-refractivity contribution in [1.82, 2.24) is 9.80 Å². The zero-order chi connectivity index (χ0) is 42.5. The number of aliphatic hydroxyl groups excluding tert-OH is 2. The second kappa shape index (κ2) is 21.4. The van der Waals surface area contributed by atoms with Gasteiger partial charge in [-0.1, -0.05) is 60.7 Å². The Morgan fingerprint density at radius 1 is 0.552 bits per heavy atom. The van der Waals surface area contributed by atoms with Gasteiger partial charge in [-0.3, -0.25) is 9.80 Å². The first-order valence-corrected chi connectivity index (χ1v) is 20.2. The molecular weight excluding hydrogens is 729 g/mol. The number of esters is 2. The Bertz CT molecular complexity index is 1870. The monoisotopic (exact) mass is 786 g/mol. The van der Waals surface area contributed by atoms with Crippen LogP contribution in [0.5, 0.6) is 11.5 Å². The molecular formula is C48H58N4O6. The van der Waals surface area contributed by atoms with Gasteiger partial charge in [0.15, 0.2) is 12.2 Å². The summed E-state index contributed by atoms with van der Waals surface area (Å²) in [6.45, 7) is 18.5. The Morgan fingerprint density at radius 2 is 0.879 bits per heavy atom. The first-order chi connectivity index (χ1) is 27.7. The number of benzene rings is 4. The van der Waals surface area contributed by atoms with Gasteiger partial charge in [-0.2, -0.15) is 10.5 Å². The third-order valence-corrected chi connectivity index (χ3v) is 10.6. The highest BCUT2D eigenvalue weighted by Crippen LogP contribution is 2.38. The molecule has 2 unspecified atom stereocenters. The van der Waals surface area contributed by atoms with Crippen LogP contribution in [0.4, 0.5) is 0 Å². The molecule has 306 valence electrons. The number of hydrogen-bond donors (Lipinski definition) is 2. The van der Waals surface area contributed by atoms with Crippen LogP contribution in [0.2, 0.25) is 0 Å². The van der Waals surface area contributed by atoms with Crippen molar-refractivity contribution in [3.8, 4) is 23.6 Å². The fourth-order valence-electron chi connectivity index (χ4n) is 7.72. The van der Waals surface area contributed by atoms with Crippen LogP contribution in [0.15, 0.2) is 97.1 Å². The van der Waals surface area contributed by atoms with E-state index >= 15 is 0 Å². The van der Waals surface area contributed by atoms with Gasteiger partial charge in [0, 0.05) is 47.1 Å². The molecule has 4 aromatic rings. The van der Waals surface area contributed by atoms with Gasteiger partial charge in [-0.25, -0.2) is 9.59 Å². The maximum Gasteiger partial charge on any atom is 0.343 e. The minimum Gasteiger partial charge on any atom is -0.424 e. The molecule has 0 heterocycles. The number of rotatable bonds is 19. The number of hydrogen-bond acceptors (Lipinski definition) is 10. The van der Waals surface area contributed by atoms with E-state index in [1.165, 1.54) is 24.3 Å². The number of aliphatic hydroxyl groups is 2. The third-order valence-electron chi connectivity index (χ3n) is 10.6. The lowest BCUT2D eigenvalue weighted by Gasteiger charge is -2.32. The highest BCUT2D eigenvalue weighted by Gasteiger charge is 2.35. The van der Waals surface area contributed by atoms with E-state index in [2.05, 4.69) is 77.3 Å². The van der Waals surface area contributed by atoms with Crippen molar-refractivity contribution in [2.45, 2.75) is 116 Å². The minimum atomic E-state index is -2.30. The first kappa shape index (κ1) is 45.3. The van der Waals surface area contributed by atoms with E-state index in [0.717, 1.165) is 11.1 Å². The molecule has 10 heteroatoms. The molecule has 0 radical (unpaired) electrons. The van der Waals surface area contributed by atoms with E-state index in [1.807, 2.05) is 60.7 Å². The molecule has 0 aliphatic heterocycles. The van der Waals surface area contributed by atoms with Crippen molar-refractivity contribution in [2.24, 2.45) is 0 Å². The number of carbonyl (C=O) groups is 2. The molecule has 0 saturated heterocycles. The maximum absolute atomic E-state index is 13.6. The van der Waals surface area contributed by atoms with Crippen molar-refractivity contribution >= 4 is 11.9 Å². The summed E-state index contributed by atoms with van der Waals surface area (Å²) in [5, 5.41) is 41.9. The van der Waals surface area contributed by atoms with E-state index < -0.39 is 24.1 Å². The molecule has 0 amide bonds. The standard InChI is InChI=1S/C48H58N4O6/c1-31(2)51(32(3)4)25-23-39(37-15-11-9-12-16-37)41-27-35(29-49)19-21-43(41)57-47(55)45(53)46(54)48(56)58-44-22-20-36(30-50)28-42(44)40(38-17-13-10-14-18-38)24-26-52(33(5)6)34(7)8/h9-22,27-28,31-34,39-40,45-46,53-54H,23-26H2,1-8H3/t39-,40-,45?,46?/m1/s1. The van der Waals surface area contributed by atoms with Gasteiger partial charge in [-0.05, 0) is 129 Å². The van der Waals surface area contributed by atoms with Gasteiger partial charge in [-0.15, -0.1) is 0 Å². The summed E-state index contributed by atoms with van der Waals surface area (Å²) in [6.07, 6.45) is -3.36. The quantitative estimate of drug-likeness (QED) is 0.0709. The predicted octanol–water partition coefficient (Wildman–Crippen LogP) is 7.94. The van der Waals surface area contributed by atoms with E-state index in [0.29, 0.717) is 48.2 Å². The third kappa shape index (κ3) is 11.8. The molecule has 58 heavy (non-hydrogen) atoms. The fourth-order valence-corrected chi connectivity index (χ4v) is 7.72. The van der Waals surface area contributed by atoms with Gasteiger partial charge >= 0.3 is 11.9 Å². The molecule has 0 saturated carbocycles. The second-order valence-electron chi connectivity index (χ2n) is 15.8. The van der Waals surface area contributed by atoms with Gasteiger partial charge in [0.2, 0.25) is 0 Å². The summed E-state index contributed by atoms with van der Waals surface area (Å²) in [5.41, 5.74) is 3.71. The number of ether oxygens (including phenoxy) is 2. The van der Waals surface area contributed by atoms with Crippen molar-refractivity contribution in [2.75, 3.05) is 13.1 Å². The summed E-state index contributed by atoms with van der Waals surface area (Å²) in [7, 11) is 0. The average Bonchev–Trinajstić information content (AvgIpc) is 3.21. The summed E-state index contributed by atoms with van der Waals surface area (Å²) in [6, 6.07) is 34.2. The Hall–Kier alpha value is -5.36. The average molecular weight is 787 g/mol. The van der Waals surface area contributed by atoms with Crippen LogP contribution < -0.4 is 9.47 Å². The zero-order valence-electron chi connectivity index (χ0n) is 35.0. The lowest BCUT2D eigenvalue weighted by Crippen LogP contribution is -2.44. The van der Waals surface area contributed by atoms with Gasteiger partial charge in [0.1, 0.15) is 11.5 Å². The smallest absolute Gasteiger partial charge is 0.343 e. The Kier molecular flexibility index (Phi) is 16.7. The molecule has 0 fully saturated rings. The molecule has 4 rings (SSSR count). The number of carbonyl (C=O) groups excluding carboxylic acids is 2. The predicted molar refractivity (Wildman–Crippen MR) is 225 cm³/mol. The van der Waals surface area contributed by atoms with Crippen molar-refractivity contribution in [1.29, 1.82) is 10.5 Å². The summed E-state index contributed by atoms with van der Waals surface area (Å²) >= 11 is 0. The minimum absolute atomic E-state index is 0.0926. The molecule has 0 bridgehead atoms. The maximum atomic E-state index is 13.6. The van der Waals surface area contributed by atoms with E-state index in [9.17, 15) is 30.3 Å². The Balaban J connectivity index is 1.62. The molecule has 0 spiro atoms. The Labute approximate surface area is 344 Å². The fraction of sp³-hybridized carbons (Fsp3) is 0.417. The molecule has 0 aliphatic carbocycles. The van der Waals surface area contributed by atoms with Crippen molar-refractivity contribution < 1.29 is 29.3 Å². The molecule has 0 aromatic heterocycles. The van der Waals surface area contributed by atoms with Crippen LogP contribution in [0.1, 0.15) is 113 Å². The zero-order valence-corrected chi connectivity index (χ0v) is 35.0. The first-order valence-electron chi connectivity index (χ1n) is 20.2. The lowest BCUT2D eigenvalue weighted by atomic mass is 9.86. The largest absolute Gasteiger partial charge is 0.424 e. The highest BCUT2D eigenvalue weighted by molar-refractivity contribution is 5.87. The van der Waals surface area contributed by atoms with E-state index in [1.54, 1.807) is 12.1 Å². The summed E-state index contributed by atoms with van der Waals surface area (Å²) in [4.78, 5) is 31.9. The lowest BCUT2D eigenvalue weighted by molar-refractivity contribution is -0.162. The molecule has 4 aromatic carbocycles. The van der Waals surface area contributed by atoms with Crippen LogP contribution in [0.25, 0.3) is 0 Å². The topological polar surface area (TPSA) is 147 Å². The summed E-state index contributed by atoms with van der Waals surface area (Å²) < 4.78 is 11.5. The number of nitrogens with zero attached hydrogens (tertiary/aromatic N) is 4. The summed E-state index contributed by atoms with van der Waals surface area (Å²) in [5.74, 6) is -2.95. The van der Waals surface area contributed by atoms with Crippen LogP contribution in [0, 0.1) is 22.7 Å². The number of nitriles is 2. The molecule has 2 N–H and O–H groups in total. The van der Waals surface area contributed by atoms with Crippen LogP contribution in [-0.2, 0) is 9.59 Å².